The molecule has 0 aliphatic heterocycles. The van der Waals surface area contributed by atoms with Crippen LogP contribution in [0.3, 0.4) is 0 Å². The van der Waals surface area contributed by atoms with E-state index in [1.165, 1.54) is 31.0 Å². The summed E-state index contributed by atoms with van der Waals surface area (Å²) < 4.78 is 1.75. The van der Waals surface area contributed by atoms with E-state index in [0.29, 0.717) is 22.0 Å². The Morgan fingerprint density at radius 2 is 2.00 bits per heavy atom. The first-order valence-electron chi connectivity index (χ1n) is 10.4. The molecule has 3 rings (SSSR count). The molecule has 1 aromatic heterocycles. The number of thioether (sulfide) groups is 1. The van der Waals surface area contributed by atoms with Crippen molar-refractivity contribution in [2.24, 2.45) is 5.92 Å². The summed E-state index contributed by atoms with van der Waals surface area (Å²) in [5, 5.41) is 4.17. The van der Waals surface area contributed by atoms with Crippen LogP contribution in [0.15, 0.2) is 34.2 Å². The Labute approximate surface area is 171 Å². The van der Waals surface area contributed by atoms with Crippen LogP contribution in [0.2, 0.25) is 0 Å². The average molecular weight is 402 g/mol. The van der Waals surface area contributed by atoms with Gasteiger partial charge in [0.05, 0.1) is 16.2 Å². The summed E-state index contributed by atoms with van der Waals surface area (Å²) in [4.78, 5) is 30.6. The van der Waals surface area contributed by atoms with Crippen LogP contribution in [-0.2, 0) is 4.79 Å². The minimum atomic E-state index is -0.308. The van der Waals surface area contributed by atoms with Crippen LogP contribution in [0.1, 0.15) is 65.8 Å². The second kappa shape index (κ2) is 9.12. The SMILES string of the molecule is CC[C@H](C)n1c(S[C@@H](C)C(=O)N[C@@H]2CCCC[C@@H]2C)nc2ccccc2c1=O. The predicted octanol–water partition coefficient (Wildman–Crippen LogP) is 4.54. The molecule has 4 atom stereocenters. The van der Waals surface area contributed by atoms with Crippen molar-refractivity contribution in [2.75, 3.05) is 0 Å². The summed E-state index contributed by atoms with van der Waals surface area (Å²) in [6.45, 7) is 8.20. The second-order valence-corrected chi connectivity index (χ2v) is 9.29. The normalized spacial score (nSPS) is 22.0. The lowest BCUT2D eigenvalue weighted by Crippen LogP contribution is -2.44. The Kier molecular flexibility index (Phi) is 6.81. The number of carbonyl (C=O) groups is 1. The Morgan fingerprint density at radius 3 is 2.71 bits per heavy atom. The fraction of sp³-hybridized carbons (Fsp3) is 0.591. The van der Waals surface area contributed by atoms with Gasteiger partial charge in [-0.3, -0.25) is 14.2 Å². The van der Waals surface area contributed by atoms with E-state index in [4.69, 9.17) is 4.98 Å². The maximum absolute atomic E-state index is 13.1. The second-order valence-electron chi connectivity index (χ2n) is 7.98. The smallest absolute Gasteiger partial charge is 0.262 e. The molecule has 1 heterocycles. The minimum absolute atomic E-state index is 0.0285. The van der Waals surface area contributed by atoms with Crippen molar-refractivity contribution >= 4 is 28.6 Å². The monoisotopic (exact) mass is 401 g/mol. The maximum Gasteiger partial charge on any atom is 0.262 e. The summed E-state index contributed by atoms with van der Waals surface area (Å²) in [6.07, 6.45) is 5.48. The van der Waals surface area contributed by atoms with E-state index in [2.05, 4.69) is 19.2 Å². The molecule has 1 aliphatic carbocycles. The van der Waals surface area contributed by atoms with Crippen LogP contribution in [0.4, 0.5) is 0 Å². The van der Waals surface area contributed by atoms with E-state index < -0.39 is 0 Å². The number of carbonyl (C=O) groups excluding carboxylic acids is 1. The van der Waals surface area contributed by atoms with E-state index in [0.717, 1.165) is 12.8 Å². The largest absolute Gasteiger partial charge is 0.352 e. The molecule has 0 saturated heterocycles. The van der Waals surface area contributed by atoms with Gasteiger partial charge in [-0.25, -0.2) is 4.98 Å². The minimum Gasteiger partial charge on any atom is -0.352 e. The van der Waals surface area contributed by atoms with Crippen molar-refractivity contribution in [1.29, 1.82) is 0 Å². The van der Waals surface area contributed by atoms with E-state index >= 15 is 0 Å². The van der Waals surface area contributed by atoms with Gasteiger partial charge in [-0.05, 0) is 51.2 Å². The first-order valence-corrected chi connectivity index (χ1v) is 11.3. The molecule has 28 heavy (non-hydrogen) atoms. The highest BCUT2D eigenvalue weighted by Crippen LogP contribution is 2.28. The molecule has 1 N–H and O–H groups in total. The lowest BCUT2D eigenvalue weighted by molar-refractivity contribution is -0.121. The zero-order valence-corrected chi connectivity index (χ0v) is 18.1. The molecule has 5 nitrogen and oxygen atoms in total. The Balaban J connectivity index is 1.85. The highest BCUT2D eigenvalue weighted by molar-refractivity contribution is 8.00. The number of para-hydroxylation sites is 1. The van der Waals surface area contributed by atoms with Gasteiger partial charge in [0.25, 0.3) is 5.56 Å². The molecular formula is C22H31N3O2S. The van der Waals surface area contributed by atoms with Gasteiger partial charge in [-0.1, -0.05) is 50.6 Å². The quantitative estimate of drug-likeness (QED) is 0.570. The number of hydrogen-bond acceptors (Lipinski definition) is 4. The summed E-state index contributed by atoms with van der Waals surface area (Å²) in [5.41, 5.74) is 0.652. The zero-order chi connectivity index (χ0) is 20.3. The van der Waals surface area contributed by atoms with Gasteiger partial charge < -0.3 is 5.32 Å². The third-order valence-corrected chi connectivity index (χ3v) is 6.96. The van der Waals surface area contributed by atoms with Gasteiger partial charge in [0.15, 0.2) is 5.16 Å². The lowest BCUT2D eigenvalue weighted by atomic mass is 9.86. The molecule has 0 spiro atoms. The van der Waals surface area contributed by atoms with Crippen LogP contribution in [0, 0.1) is 5.92 Å². The van der Waals surface area contributed by atoms with Crippen LogP contribution >= 0.6 is 11.8 Å². The molecule has 1 fully saturated rings. The number of nitrogens with zero attached hydrogens (tertiary/aromatic N) is 2. The van der Waals surface area contributed by atoms with Gasteiger partial charge in [0.2, 0.25) is 5.91 Å². The molecule has 1 saturated carbocycles. The van der Waals surface area contributed by atoms with Crippen molar-refractivity contribution < 1.29 is 4.79 Å². The first-order chi connectivity index (χ1) is 13.4. The van der Waals surface area contributed by atoms with Crippen LogP contribution in [0.5, 0.6) is 0 Å². The van der Waals surface area contributed by atoms with Crippen molar-refractivity contribution in [3.8, 4) is 0 Å². The molecule has 1 aromatic carbocycles. The molecule has 0 bridgehead atoms. The Bertz CT molecular complexity index is 895. The molecule has 152 valence electrons. The van der Waals surface area contributed by atoms with Gasteiger partial charge in [-0.2, -0.15) is 0 Å². The third-order valence-electron chi connectivity index (χ3n) is 5.90. The Morgan fingerprint density at radius 1 is 1.29 bits per heavy atom. The fourth-order valence-electron chi connectivity index (χ4n) is 3.82. The van der Waals surface area contributed by atoms with E-state index in [9.17, 15) is 9.59 Å². The number of rotatable bonds is 6. The van der Waals surface area contributed by atoms with Crippen molar-refractivity contribution in [3.05, 3.63) is 34.6 Å². The highest BCUT2D eigenvalue weighted by Gasteiger charge is 2.26. The summed E-state index contributed by atoms with van der Waals surface area (Å²) in [6, 6.07) is 7.71. The lowest BCUT2D eigenvalue weighted by Gasteiger charge is -2.30. The molecular weight excluding hydrogens is 370 g/mol. The molecule has 6 heteroatoms. The number of benzene rings is 1. The summed E-state index contributed by atoms with van der Waals surface area (Å²) in [5.74, 6) is 0.550. The van der Waals surface area contributed by atoms with E-state index in [-0.39, 0.29) is 28.8 Å². The van der Waals surface area contributed by atoms with Gasteiger partial charge in [0, 0.05) is 12.1 Å². The molecule has 1 amide bonds. The molecule has 1 aliphatic rings. The van der Waals surface area contributed by atoms with Gasteiger partial charge in [-0.15, -0.1) is 0 Å². The number of fused-ring (bicyclic) bond motifs is 1. The van der Waals surface area contributed by atoms with Crippen molar-refractivity contribution in [1.82, 2.24) is 14.9 Å². The predicted molar refractivity (Wildman–Crippen MR) is 116 cm³/mol. The summed E-state index contributed by atoms with van der Waals surface area (Å²) in [7, 11) is 0. The van der Waals surface area contributed by atoms with Crippen molar-refractivity contribution in [3.63, 3.8) is 0 Å². The Hall–Kier alpha value is -1.82. The van der Waals surface area contributed by atoms with E-state index in [1.807, 2.05) is 38.1 Å². The van der Waals surface area contributed by atoms with Crippen LogP contribution in [-0.4, -0.2) is 26.8 Å². The standard InChI is InChI=1S/C22H31N3O2S/c1-5-15(3)25-21(27)17-11-7-9-13-19(17)24-22(25)28-16(4)20(26)23-18-12-8-6-10-14(18)2/h7,9,11,13-16,18H,5-6,8,10,12H2,1-4H3,(H,23,26)/t14-,15-,16-,18+/m0/s1. The molecule has 0 radical (unpaired) electrons. The maximum atomic E-state index is 13.1. The molecule has 2 aromatic rings. The van der Waals surface area contributed by atoms with Crippen LogP contribution < -0.4 is 10.9 Å². The molecule has 0 unspecified atom stereocenters. The van der Waals surface area contributed by atoms with Crippen molar-refractivity contribution in [2.45, 2.75) is 82.3 Å². The zero-order valence-electron chi connectivity index (χ0n) is 17.3. The van der Waals surface area contributed by atoms with Gasteiger partial charge in [0.1, 0.15) is 0 Å². The number of aromatic nitrogens is 2. The number of amides is 1. The average Bonchev–Trinajstić information content (AvgIpc) is 2.69. The summed E-state index contributed by atoms with van der Waals surface area (Å²) >= 11 is 1.38. The number of hydrogen-bond donors (Lipinski definition) is 1. The topological polar surface area (TPSA) is 64.0 Å². The number of nitrogens with one attached hydrogen (secondary N) is 1. The van der Waals surface area contributed by atoms with E-state index in [1.54, 1.807) is 4.57 Å². The fourth-order valence-corrected chi connectivity index (χ4v) is 4.84. The van der Waals surface area contributed by atoms with Gasteiger partial charge >= 0.3 is 0 Å². The highest BCUT2D eigenvalue weighted by atomic mass is 32.2. The third kappa shape index (κ3) is 4.43. The van der Waals surface area contributed by atoms with Crippen LogP contribution in [0.25, 0.3) is 10.9 Å². The first kappa shape index (κ1) is 20.9.